The van der Waals surface area contributed by atoms with Crippen LogP contribution in [-0.4, -0.2) is 12.7 Å². The van der Waals surface area contributed by atoms with Gasteiger partial charge in [-0.15, -0.1) is 0 Å². The van der Waals surface area contributed by atoms with Crippen LogP contribution in [0, 0.1) is 0 Å². The molecule has 0 amide bonds. The van der Waals surface area contributed by atoms with E-state index in [9.17, 15) is 13.2 Å². The first-order chi connectivity index (χ1) is 6.47. The van der Waals surface area contributed by atoms with Crippen molar-refractivity contribution in [1.82, 2.24) is 5.09 Å². The van der Waals surface area contributed by atoms with Gasteiger partial charge in [0.05, 0.1) is 5.57 Å². The van der Waals surface area contributed by atoms with Crippen LogP contribution in [0.5, 0.6) is 0 Å². The molecule has 0 saturated carbocycles. The van der Waals surface area contributed by atoms with Gasteiger partial charge in [0.2, 0.25) is 0 Å². The molecule has 0 aliphatic carbocycles. The highest BCUT2D eigenvalue weighted by molar-refractivity contribution is 7.13. The first-order valence-corrected chi connectivity index (χ1v) is 4.54. The Morgan fingerprint density at radius 1 is 1.50 bits per heavy atom. The Hall–Kier alpha value is -0.600. The first-order valence-electron chi connectivity index (χ1n) is 3.96. The van der Waals surface area contributed by atoms with E-state index in [0.29, 0.717) is 0 Å². The minimum atomic E-state index is -4.34. The minimum Gasteiger partial charge on any atom is -0.296 e. The molecule has 0 bridgehead atoms. The summed E-state index contributed by atoms with van der Waals surface area (Å²) < 4.78 is 37.4. The summed E-state index contributed by atoms with van der Waals surface area (Å²) in [5.74, 6) is 0. The maximum atomic E-state index is 12.5. The highest BCUT2D eigenvalue weighted by Gasteiger charge is 2.33. The first kappa shape index (κ1) is 13.4. The van der Waals surface area contributed by atoms with E-state index in [1.54, 1.807) is 6.92 Å². The summed E-state index contributed by atoms with van der Waals surface area (Å²) in [6, 6.07) is 0. The molecule has 1 atom stereocenters. The Kier molecular flexibility index (Phi) is 5.73. The van der Waals surface area contributed by atoms with Crippen molar-refractivity contribution >= 4 is 9.39 Å². The zero-order chi connectivity index (χ0) is 11.2. The van der Waals surface area contributed by atoms with E-state index in [1.807, 2.05) is 0 Å². The van der Waals surface area contributed by atoms with Gasteiger partial charge >= 0.3 is 6.18 Å². The Morgan fingerprint density at radius 2 is 2.07 bits per heavy atom. The summed E-state index contributed by atoms with van der Waals surface area (Å²) in [7, 11) is 2.15. The molecule has 0 aromatic rings. The van der Waals surface area contributed by atoms with E-state index in [-0.39, 0.29) is 12.1 Å². The summed E-state index contributed by atoms with van der Waals surface area (Å²) in [6.45, 7) is 5.02. The Labute approximate surface area is 84.0 Å². The number of hydrogen-bond donors (Lipinski definition) is 1. The van der Waals surface area contributed by atoms with E-state index < -0.39 is 11.7 Å². The standard InChI is InChI=1S/C9H13F3NP/c1-3-5-8(9(10,11)12)7(4-2)6-13-14/h3-5,13H,2,6,14H2,1H3/b5-3-,8-7-. The third-order valence-electron chi connectivity index (χ3n) is 1.52. The van der Waals surface area contributed by atoms with Gasteiger partial charge in [-0.3, -0.25) is 5.09 Å². The predicted octanol–water partition coefficient (Wildman–Crippen LogP) is 2.99. The molecule has 0 radical (unpaired) electrons. The number of nitrogens with one attached hydrogen (secondary N) is 1. The maximum Gasteiger partial charge on any atom is 0.416 e. The zero-order valence-electron chi connectivity index (χ0n) is 7.86. The van der Waals surface area contributed by atoms with E-state index in [2.05, 4.69) is 21.1 Å². The molecule has 0 aliphatic rings. The maximum absolute atomic E-state index is 12.5. The van der Waals surface area contributed by atoms with Crippen molar-refractivity contribution in [2.24, 2.45) is 0 Å². The van der Waals surface area contributed by atoms with Crippen LogP contribution >= 0.6 is 9.39 Å². The van der Waals surface area contributed by atoms with Gasteiger partial charge in [-0.1, -0.05) is 34.2 Å². The van der Waals surface area contributed by atoms with Crippen LogP contribution in [-0.2, 0) is 0 Å². The van der Waals surface area contributed by atoms with E-state index in [1.165, 1.54) is 12.2 Å². The fourth-order valence-corrected chi connectivity index (χ4v) is 1.16. The second kappa shape index (κ2) is 5.99. The molecule has 80 valence electrons. The van der Waals surface area contributed by atoms with Crippen molar-refractivity contribution in [1.29, 1.82) is 0 Å². The van der Waals surface area contributed by atoms with Crippen molar-refractivity contribution in [3.05, 3.63) is 36.0 Å². The van der Waals surface area contributed by atoms with Gasteiger partial charge in [-0.05, 0) is 12.5 Å². The third-order valence-corrected chi connectivity index (χ3v) is 1.73. The normalized spacial score (nSPS) is 14.4. The van der Waals surface area contributed by atoms with Crippen molar-refractivity contribution in [3.63, 3.8) is 0 Å². The Balaban J connectivity index is 5.20. The molecular formula is C9H13F3NP. The van der Waals surface area contributed by atoms with Crippen molar-refractivity contribution < 1.29 is 13.2 Å². The Morgan fingerprint density at radius 3 is 2.36 bits per heavy atom. The average molecular weight is 223 g/mol. The smallest absolute Gasteiger partial charge is 0.296 e. The summed E-state index contributed by atoms with van der Waals surface area (Å²) >= 11 is 0. The highest BCUT2D eigenvalue weighted by atomic mass is 31.0. The lowest BCUT2D eigenvalue weighted by Crippen LogP contribution is -2.16. The molecule has 0 aliphatic heterocycles. The molecule has 0 fully saturated rings. The fraction of sp³-hybridized carbons (Fsp3) is 0.333. The Bertz CT molecular complexity index is 253. The lowest BCUT2D eigenvalue weighted by atomic mass is 10.1. The highest BCUT2D eigenvalue weighted by Crippen LogP contribution is 2.29. The largest absolute Gasteiger partial charge is 0.416 e. The molecule has 1 nitrogen and oxygen atoms in total. The van der Waals surface area contributed by atoms with Gasteiger partial charge < -0.3 is 0 Å². The van der Waals surface area contributed by atoms with Gasteiger partial charge in [-0.25, -0.2) is 0 Å². The van der Waals surface area contributed by atoms with Gasteiger partial charge in [0, 0.05) is 6.54 Å². The van der Waals surface area contributed by atoms with Crippen molar-refractivity contribution in [3.8, 4) is 0 Å². The molecular weight excluding hydrogens is 210 g/mol. The predicted molar refractivity (Wildman–Crippen MR) is 55.8 cm³/mol. The van der Waals surface area contributed by atoms with E-state index in [0.717, 1.165) is 6.08 Å². The van der Waals surface area contributed by atoms with E-state index >= 15 is 0 Å². The van der Waals surface area contributed by atoms with Gasteiger partial charge in [0.25, 0.3) is 0 Å². The summed E-state index contributed by atoms with van der Waals surface area (Å²) in [5, 5.41) is 2.58. The monoisotopic (exact) mass is 223 g/mol. The lowest BCUT2D eigenvalue weighted by molar-refractivity contribution is -0.0888. The molecule has 5 heteroatoms. The second-order valence-corrected chi connectivity index (χ2v) is 2.93. The lowest BCUT2D eigenvalue weighted by Gasteiger charge is -2.12. The minimum absolute atomic E-state index is 0.118. The molecule has 0 rings (SSSR count). The molecule has 1 N–H and O–H groups in total. The SMILES string of the molecule is C=C/C(CNP)=C(\C=C/C)C(F)(F)F. The van der Waals surface area contributed by atoms with Crippen LogP contribution in [0.2, 0.25) is 0 Å². The van der Waals surface area contributed by atoms with Crippen LogP contribution in [0.1, 0.15) is 6.92 Å². The van der Waals surface area contributed by atoms with Gasteiger partial charge in [0.1, 0.15) is 0 Å². The topological polar surface area (TPSA) is 12.0 Å². The number of halogens is 3. The fourth-order valence-electron chi connectivity index (χ4n) is 0.938. The zero-order valence-corrected chi connectivity index (χ0v) is 9.01. The summed E-state index contributed by atoms with van der Waals surface area (Å²) in [6.07, 6.45) is -0.731. The van der Waals surface area contributed by atoms with Crippen LogP contribution < -0.4 is 5.09 Å². The quantitative estimate of drug-likeness (QED) is 0.570. The van der Waals surface area contributed by atoms with Crippen LogP contribution in [0.3, 0.4) is 0 Å². The molecule has 14 heavy (non-hydrogen) atoms. The van der Waals surface area contributed by atoms with Crippen LogP contribution in [0.4, 0.5) is 13.2 Å². The molecule has 0 aromatic carbocycles. The third kappa shape index (κ3) is 4.07. The second-order valence-electron chi connectivity index (χ2n) is 2.52. The van der Waals surface area contributed by atoms with Crippen molar-refractivity contribution in [2.45, 2.75) is 13.1 Å². The number of rotatable bonds is 4. The van der Waals surface area contributed by atoms with Crippen LogP contribution in [0.15, 0.2) is 36.0 Å². The summed E-state index contributed by atoms with van der Waals surface area (Å²) in [5.41, 5.74) is -0.532. The molecule has 0 saturated heterocycles. The molecule has 0 aromatic heterocycles. The molecule has 0 heterocycles. The number of allylic oxidation sites excluding steroid dienone is 3. The molecule has 1 unspecified atom stereocenters. The van der Waals surface area contributed by atoms with Gasteiger partial charge in [0.15, 0.2) is 0 Å². The summed E-state index contributed by atoms with van der Waals surface area (Å²) in [4.78, 5) is 0. The van der Waals surface area contributed by atoms with E-state index in [4.69, 9.17) is 0 Å². The average Bonchev–Trinajstić information content (AvgIpc) is 2.09. The van der Waals surface area contributed by atoms with Gasteiger partial charge in [-0.2, -0.15) is 13.2 Å². The molecule has 0 spiro atoms. The van der Waals surface area contributed by atoms with Crippen molar-refractivity contribution in [2.75, 3.05) is 6.54 Å². The number of alkyl halides is 3. The number of hydrogen-bond acceptors (Lipinski definition) is 1. The van der Waals surface area contributed by atoms with Crippen LogP contribution in [0.25, 0.3) is 0 Å².